The van der Waals surface area contributed by atoms with Crippen molar-refractivity contribution in [1.82, 2.24) is 0 Å². The van der Waals surface area contributed by atoms with E-state index in [9.17, 15) is 9.90 Å². The molecule has 0 fully saturated rings. The molecule has 0 saturated heterocycles. The summed E-state index contributed by atoms with van der Waals surface area (Å²) in [4.78, 5) is 11.7. The number of hydrogen-bond donors (Lipinski definition) is 2. The van der Waals surface area contributed by atoms with Crippen LogP contribution in [0.1, 0.15) is 40.2 Å². The average molecular weight is 276 g/mol. The van der Waals surface area contributed by atoms with E-state index in [2.05, 4.69) is 11.4 Å². The number of anilines is 1. The highest BCUT2D eigenvalue weighted by molar-refractivity contribution is 5.87. The molecular weight excluding hydrogens is 256 g/mol. The minimum Gasteiger partial charge on any atom is -0.506 e. The van der Waals surface area contributed by atoms with Crippen LogP contribution in [0.4, 0.5) is 10.5 Å². The Kier molecular flexibility index (Phi) is 4.29. The Balaban J connectivity index is 2.99. The third kappa shape index (κ3) is 4.16. The predicted octanol–water partition coefficient (Wildman–Crippen LogP) is 3.54. The number of amides is 1. The van der Waals surface area contributed by atoms with Crippen LogP contribution in [0.25, 0.3) is 0 Å². The summed E-state index contributed by atoms with van der Waals surface area (Å²) in [7, 11) is 0. The summed E-state index contributed by atoms with van der Waals surface area (Å²) in [6.07, 6.45) is -0.653. The second kappa shape index (κ2) is 5.41. The van der Waals surface area contributed by atoms with Crippen LogP contribution in [-0.2, 0) is 10.2 Å². The second-order valence-corrected chi connectivity index (χ2v) is 6.10. The van der Waals surface area contributed by atoms with Crippen molar-refractivity contribution in [1.29, 1.82) is 5.26 Å². The van der Waals surface area contributed by atoms with Crippen molar-refractivity contribution in [3.63, 3.8) is 0 Å². The van der Waals surface area contributed by atoms with Gasteiger partial charge < -0.3 is 9.84 Å². The van der Waals surface area contributed by atoms with E-state index in [0.717, 1.165) is 0 Å². The first-order valence-corrected chi connectivity index (χ1v) is 6.30. The maximum absolute atomic E-state index is 11.7. The van der Waals surface area contributed by atoms with E-state index in [4.69, 9.17) is 10.00 Å². The van der Waals surface area contributed by atoms with Gasteiger partial charge in [0, 0.05) is 0 Å². The number of phenols is 1. The number of carbonyl (C=O) groups is 1. The van der Waals surface area contributed by atoms with Gasteiger partial charge in [-0.2, -0.15) is 5.26 Å². The van der Waals surface area contributed by atoms with Crippen LogP contribution in [0.15, 0.2) is 18.2 Å². The van der Waals surface area contributed by atoms with Gasteiger partial charge in [-0.25, -0.2) is 4.79 Å². The molecule has 5 nitrogen and oxygen atoms in total. The number of nitrogens with zero attached hydrogens (tertiary/aromatic N) is 1. The maximum Gasteiger partial charge on any atom is 0.412 e. The summed E-state index contributed by atoms with van der Waals surface area (Å²) in [5.41, 5.74) is -0.412. The lowest BCUT2D eigenvalue weighted by molar-refractivity contribution is 0.0635. The molecule has 0 bridgehead atoms. The van der Waals surface area contributed by atoms with Gasteiger partial charge in [0.1, 0.15) is 11.4 Å². The molecule has 0 saturated carbocycles. The number of nitriles is 1. The van der Waals surface area contributed by atoms with Crippen LogP contribution in [0.3, 0.4) is 0 Å². The lowest BCUT2D eigenvalue weighted by atomic mass is 9.86. The van der Waals surface area contributed by atoms with Gasteiger partial charge in [0.05, 0.1) is 17.2 Å². The fourth-order valence-electron chi connectivity index (χ4n) is 1.50. The molecule has 0 unspecified atom stereocenters. The Morgan fingerprint density at radius 3 is 2.40 bits per heavy atom. The fourth-order valence-corrected chi connectivity index (χ4v) is 1.50. The molecule has 1 aromatic carbocycles. The summed E-state index contributed by atoms with van der Waals surface area (Å²) < 4.78 is 5.12. The highest BCUT2D eigenvalue weighted by Crippen LogP contribution is 2.31. The SMILES string of the molecule is CC(C)(C)OC(=O)Nc1cc(C(C)(C)C#N)ccc1O. The number of hydrogen-bond acceptors (Lipinski definition) is 4. The largest absolute Gasteiger partial charge is 0.506 e. The summed E-state index contributed by atoms with van der Waals surface area (Å²) in [6, 6.07) is 6.84. The Hall–Kier alpha value is -2.22. The standard InChI is InChI=1S/C15H20N2O3/c1-14(2,3)20-13(19)17-11-8-10(6-7-12(11)18)15(4,5)9-16/h6-8,18H,1-5H3,(H,17,19). The van der Waals surface area contributed by atoms with Gasteiger partial charge in [-0.15, -0.1) is 0 Å². The summed E-state index contributed by atoms with van der Waals surface area (Å²) in [5.74, 6) is -0.0756. The van der Waals surface area contributed by atoms with Crippen LogP contribution in [0.5, 0.6) is 5.75 Å². The normalized spacial score (nSPS) is 11.6. The number of benzene rings is 1. The maximum atomic E-state index is 11.7. The van der Waals surface area contributed by atoms with Crippen molar-refractivity contribution in [2.24, 2.45) is 0 Å². The summed E-state index contributed by atoms with van der Waals surface area (Å²) in [6.45, 7) is 8.78. The van der Waals surface area contributed by atoms with Crippen molar-refractivity contribution >= 4 is 11.8 Å². The molecule has 0 heterocycles. The van der Waals surface area contributed by atoms with Crippen LogP contribution in [-0.4, -0.2) is 16.8 Å². The molecule has 2 N–H and O–H groups in total. The van der Waals surface area contributed by atoms with E-state index in [0.29, 0.717) is 5.56 Å². The van der Waals surface area contributed by atoms with Crippen molar-refractivity contribution in [3.05, 3.63) is 23.8 Å². The minimum atomic E-state index is -0.710. The third-order valence-electron chi connectivity index (χ3n) is 2.63. The molecular formula is C15H20N2O3. The number of ether oxygens (including phenoxy) is 1. The first-order valence-electron chi connectivity index (χ1n) is 6.30. The molecule has 20 heavy (non-hydrogen) atoms. The Morgan fingerprint density at radius 2 is 1.90 bits per heavy atom. The van der Waals surface area contributed by atoms with Crippen LogP contribution >= 0.6 is 0 Å². The van der Waals surface area contributed by atoms with E-state index in [1.807, 2.05) is 0 Å². The first kappa shape index (κ1) is 15.8. The molecule has 0 aromatic heterocycles. The van der Waals surface area contributed by atoms with Crippen LogP contribution in [0.2, 0.25) is 0 Å². The molecule has 0 radical (unpaired) electrons. The van der Waals surface area contributed by atoms with Gasteiger partial charge in [0.15, 0.2) is 0 Å². The van der Waals surface area contributed by atoms with Crippen molar-refractivity contribution < 1.29 is 14.6 Å². The number of phenolic OH excluding ortho intramolecular Hbond substituents is 1. The van der Waals surface area contributed by atoms with Crippen LogP contribution in [0, 0.1) is 11.3 Å². The highest BCUT2D eigenvalue weighted by Gasteiger charge is 2.22. The summed E-state index contributed by atoms with van der Waals surface area (Å²) >= 11 is 0. The Morgan fingerprint density at radius 1 is 1.30 bits per heavy atom. The van der Waals surface area contributed by atoms with E-state index >= 15 is 0 Å². The number of aromatic hydroxyl groups is 1. The fraction of sp³-hybridized carbons (Fsp3) is 0.467. The molecule has 0 aliphatic carbocycles. The molecule has 108 valence electrons. The van der Waals surface area contributed by atoms with Gasteiger partial charge in [-0.1, -0.05) is 6.07 Å². The predicted molar refractivity (Wildman–Crippen MR) is 76.6 cm³/mol. The molecule has 5 heteroatoms. The van der Waals surface area contributed by atoms with Gasteiger partial charge >= 0.3 is 6.09 Å². The van der Waals surface area contributed by atoms with E-state index < -0.39 is 17.1 Å². The lowest BCUT2D eigenvalue weighted by Gasteiger charge is -2.21. The summed E-state index contributed by atoms with van der Waals surface area (Å²) in [5, 5.41) is 21.4. The van der Waals surface area contributed by atoms with Gasteiger partial charge in [-0.05, 0) is 52.3 Å². The Bertz CT molecular complexity index is 551. The number of carbonyl (C=O) groups excluding carboxylic acids is 1. The minimum absolute atomic E-state index is 0.0756. The Labute approximate surface area is 119 Å². The van der Waals surface area contributed by atoms with Crippen molar-refractivity contribution in [2.75, 3.05) is 5.32 Å². The monoisotopic (exact) mass is 276 g/mol. The highest BCUT2D eigenvalue weighted by atomic mass is 16.6. The van der Waals surface area contributed by atoms with Gasteiger partial charge in [0.2, 0.25) is 0 Å². The first-order chi connectivity index (χ1) is 9.05. The molecule has 0 atom stereocenters. The lowest BCUT2D eigenvalue weighted by Crippen LogP contribution is -2.27. The van der Waals surface area contributed by atoms with Crippen molar-refractivity contribution in [3.8, 4) is 11.8 Å². The van der Waals surface area contributed by atoms with Crippen molar-refractivity contribution in [2.45, 2.75) is 45.6 Å². The average Bonchev–Trinajstić information content (AvgIpc) is 2.29. The quantitative estimate of drug-likeness (QED) is 0.809. The van der Waals surface area contributed by atoms with Gasteiger partial charge in [0.25, 0.3) is 0 Å². The van der Waals surface area contributed by atoms with E-state index in [-0.39, 0.29) is 11.4 Å². The molecule has 1 aromatic rings. The zero-order chi connectivity index (χ0) is 15.6. The van der Waals surface area contributed by atoms with E-state index in [1.54, 1.807) is 46.8 Å². The van der Waals surface area contributed by atoms with Gasteiger partial charge in [-0.3, -0.25) is 5.32 Å². The van der Waals surface area contributed by atoms with E-state index in [1.165, 1.54) is 6.07 Å². The number of nitrogens with one attached hydrogen (secondary N) is 1. The zero-order valence-corrected chi connectivity index (χ0v) is 12.4. The second-order valence-electron chi connectivity index (χ2n) is 6.10. The molecule has 0 aliphatic heterocycles. The topological polar surface area (TPSA) is 82.3 Å². The number of rotatable bonds is 2. The molecule has 1 rings (SSSR count). The molecule has 1 amide bonds. The molecule has 0 spiro atoms. The van der Waals surface area contributed by atoms with Crippen LogP contribution < -0.4 is 5.32 Å². The third-order valence-corrected chi connectivity index (χ3v) is 2.63. The molecule has 0 aliphatic rings. The smallest absolute Gasteiger partial charge is 0.412 e. The zero-order valence-electron chi connectivity index (χ0n) is 12.4.